The van der Waals surface area contributed by atoms with Crippen LogP contribution in [0.4, 0.5) is 0 Å². The van der Waals surface area contributed by atoms with Gasteiger partial charge in [-0.25, -0.2) is 12.1 Å². The van der Waals surface area contributed by atoms with Crippen LogP contribution in [0.15, 0.2) is 84.6 Å². The van der Waals surface area contributed by atoms with Crippen molar-refractivity contribution in [3.8, 4) is 22.5 Å². The van der Waals surface area contributed by atoms with Gasteiger partial charge in [-0.2, -0.15) is 5.56 Å². The SMILES string of the molecule is CC(C)(C)C(=O)/C=C(\O)C(C)(C)C.CC(C)(C)C(=O)/C=C(\O)C(C)(C)C.[Pt].[Pt].[c-]1c[c-]c(-c2ccccn2)cc1-c1ccccn1. The van der Waals surface area contributed by atoms with Crippen LogP contribution in [-0.4, -0.2) is 31.7 Å². The average Bonchev–Trinajstić information content (AvgIpc) is 2.92. The number of carbonyl (C=O) groups excluding carboxylic acids is 2. The zero-order valence-corrected chi connectivity index (χ0v) is 33.7. The van der Waals surface area contributed by atoms with Crippen molar-refractivity contribution in [3.05, 3.63) is 96.7 Å². The van der Waals surface area contributed by atoms with Crippen LogP contribution in [-0.2, 0) is 51.7 Å². The fourth-order valence-corrected chi connectivity index (χ4v) is 2.87. The topological polar surface area (TPSA) is 100 Å². The first-order chi connectivity index (χ1) is 20.0. The number of allylic oxidation sites excluding steroid dienone is 4. The zero-order chi connectivity index (χ0) is 33.9. The van der Waals surface area contributed by atoms with Crippen LogP contribution >= 0.6 is 0 Å². The third kappa shape index (κ3) is 16.8. The quantitative estimate of drug-likeness (QED) is 0.154. The summed E-state index contributed by atoms with van der Waals surface area (Å²) >= 11 is 0. The molecular formula is C38H50N2O4Pt2-2. The first kappa shape index (κ1) is 45.4. The van der Waals surface area contributed by atoms with E-state index in [4.69, 9.17) is 0 Å². The monoisotopic (exact) mass is 988 g/mol. The fourth-order valence-electron chi connectivity index (χ4n) is 2.87. The van der Waals surface area contributed by atoms with Crippen LogP contribution in [0.25, 0.3) is 22.5 Å². The largest absolute Gasteiger partial charge is 0.512 e. The summed E-state index contributed by atoms with van der Waals surface area (Å²) in [6.45, 7) is 22.2. The molecule has 0 amide bonds. The predicted molar refractivity (Wildman–Crippen MR) is 180 cm³/mol. The van der Waals surface area contributed by atoms with Gasteiger partial charge in [0, 0.05) is 94.0 Å². The van der Waals surface area contributed by atoms with Crippen molar-refractivity contribution >= 4 is 11.6 Å². The third-order valence-electron chi connectivity index (χ3n) is 6.18. The van der Waals surface area contributed by atoms with Gasteiger partial charge >= 0.3 is 0 Å². The second kappa shape index (κ2) is 19.2. The summed E-state index contributed by atoms with van der Waals surface area (Å²) in [6, 6.07) is 21.8. The van der Waals surface area contributed by atoms with E-state index in [9.17, 15) is 19.8 Å². The Balaban J connectivity index is 0. The second-order valence-corrected chi connectivity index (χ2v) is 14.6. The van der Waals surface area contributed by atoms with Crippen LogP contribution in [0.5, 0.6) is 0 Å². The first-order valence-corrected chi connectivity index (χ1v) is 14.7. The van der Waals surface area contributed by atoms with Crippen molar-refractivity contribution in [2.45, 2.75) is 83.1 Å². The van der Waals surface area contributed by atoms with Gasteiger partial charge in [-0.1, -0.05) is 101 Å². The van der Waals surface area contributed by atoms with E-state index in [1.165, 1.54) is 12.2 Å². The van der Waals surface area contributed by atoms with Gasteiger partial charge < -0.3 is 15.2 Å². The molecule has 1 aromatic carbocycles. The molecule has 3 aromatic rings. The van der Waals surface area contributed by atoms with Gasteiger partial charge in [0.05, 0.1) is 0 Å². The molecule has 0 aliphatic rings. The Morgan fingerprint density at radius 3 is 1.15 bits per heavy atom. The van der Waals surface area contributed by atoms with E-state index < -0.39 is 10.8 Å². The van der Waals surface area contributed by atoms with Crippen molar-refractivity contribution < 1.29 is 61.9 Å². The number of ketones is 2. The van der Waals surface area contributed by atoms with Crippen LogP contribution < -0.4 is 0 Å². The Kier molecular flexibility index (Phi) is 19.0. The van der Waals surface area contributed by atoms with Gasteiger partial charge in [0.15, 0.2) is 11.6 Å². The van der Waals surface area contributed by atoms with Crippen LogP contribution in [0, 0.1) is 33.8 Å². The Hall–Kier alpha value is -2.68. The minimum Gasteiger partial charge on any atom is -0.512 e. The van der Waals surface area contributed by atoms with Crippen molar-refractivity contribution in [1.29, 1.82) is 0 Å². The zero-order valence-electron chi connectivity index (χ0n) is 29.2. The summed E-state index contributed by atoms with van der Waals surface area (Å²) < 4.78 is 0. The molecule has 2 aromatic heterocycles. The Morgan fingerprint density at radius 1 is 0.587 bits per heavy atom. The molecule has 0 spiro atoms. The third-order valence-corrected chi connectivity index (χ3v) is 6.18. The number of pyridine rings is 2. The number of rotatable bonds is 4. The first-order valence-electron chi connectivity index (χ1n) is 14.7. The summed E-state index contributed by atoms with van der Waals surface area (Å²) in [5.41, 5.74) is 2.19. The number of benzene rings is 1. The number of aliphatic hydroxyl groups excluding tert-OH is 2. The van der Waals surface area contributed by atoms with E-state index in [0.717, 1.165) is 22.5 Å². The average molecular weight is 989 g/mol. The fraction of sp³-hybridized carbons (Fsp3) is 0.421. The number of hydrogen-bond acceptors (Lipinski definition) is 6. The summed E-state index contributed by atoms with van der Waals surface area (Å²) in [5, 5.41) is 19.1. The van der Waals surface area contributed by atoms with Gasteiger partial charge in [0.25, 0.3) is 0 Å². The summed E-state index contributed by atoms with van der Waals surface area (Å²) in [6.07, 6.45) is 6.22. The molecule has 0 saturated heterocycles. The van der Waals surface area contributed by atoms with E-state index in [-0.39, 0.29) is 76.0 Å². The van der Waals surface area contributed by atoms with Crippen LogP contribution in [0.3, 0.4) is 0 Å². The van der Waals surface area contributed by atoms with Gasteiger partial charge in [0.1, 0.15) is 11.5 Å². The molecule has 0 bridgehead atoms. The van der Waals surface area contributed by atoms with Gasteiger partial charge in [-0.05, 0) is 18.2 Å². The van der Waals surface area contributed by atoms with E-state index in [1.807, 2.05) is 126 Å². The molecule has 3 rings (SSSR count). The van der Waals surface area contributed by atoms with Crippen molar-refractivity contribution in [1.82, 2.24) is 9.97 Å². The summed E-state index contributed by atoms with van der Waals surface area (Å²) in [5.74, 6) is 0.208. The molecule has 0 aliphatic heterocycles. The van der Waals surface area contributed by atoms with E-state index in [0.29, 0.717) is 0 Å². The standard InChI is InChI=1S/C16H10N2.2C11H20O2.2Pt/c1-3-10-17-15(8-1)13-6-5-7-14(12-13)16-9-2-4-11-18-16;2*1-10(2,3)8(12)7-9(13)11(4,5)6;;/h1-5,8-12H;2*7,12H,1-6H3;;/q-2;;;;/b;2*8-7-;;. The van der Waals surface area contributed by atoms with Gasteiger partial charge in [-0.15, -0.1) is 6.07 Å². The maximum Gasteiger partial charge on any atom is 0.164 e. The van der Waals surface area contributed by atoms with E-state index >= 15 is 0 Å². The normalized spacial score (nSPS) is 12.2. The molecule has 0 fully saturated rings. The number of nitrogens with zero attached hydrogens (tertiary/aromatic N) is 2. The van der Waals surface area contributed by atoms with Gasteiger partial charge in [-0.3, -0.25) is 32.3 Å². The van der Waals surface area contributed by atoms with Crippen LogP contribution in [0.2, 0.25) is 0 Å². The molecule has 2 heterocycles. The van der Waals surface area contributed by atoms with Crippen molar-refractivity contribution in [3.63, 3.8) is 0 Å². The van der Waals surface area contributed by atoms with Crippen molar-refractivity contribution in [2.75, 3.05) is 0 Å². The molecule has 46 heavy (non-hydrogen) atoms. The van der Waals surface area contributed by atoms with E-state index in [2.05, 4.69) is 22.1 Å². The maximum absolute atomic E-state index is 11.5. The molecular weight excluding hydrogens is 939 g/mol. The molecule has 0 unspecified atom stereocenters. The molecule has 8 heteroatoms. The minimum atomic E-state index is -0.417. The molecule has 0 saturated carbocycles. The smallest absolute Gasteiger partial charge is 0.164 e. The Labute approximate surface area is 305 Å². The minimum absolute atomic E-state index is 0. The molecule has 0 radical (unpaired) electrons. The Bertz CT molecular complexity index is 1320. The van der Waals surface area contributed by atoms with Crippen LogP contribution in [0.1, 0.15) is 83.1 Å². The summed E-state index contributed by atoms with van der Waals surface area (Å²) in [7, 11) is 0. The molecule has 6 nitrogen and oxygen atoms in total. The molecule has 2 N–H and O–H groups in total. The number of hydrogen-bond donors (Lipinski definition) is 2. The molecule has 0 atom stereocenters. The molecule has 258 valence electrons. The number of aromatic nitrogens is 2. The number of aliphatic hydroxyl groups is 2. The maximum atomic E-state index is 11.5. The van der Waals surface area contributed by atoms with E-state index in [1.54, 1.807) is 18.5 Å². The molecule has 0 aliphatic carbocycles. The van der Waals surface area contributed by atoms with Gasteiger partial charge in [0.2, 0.25) is 0 Å². The Morgan fingerprint density at radius 2 is 0.913 bits per heavy atom. The summed E-state index contributed by atoms with van der Waals surface area (Å²) in [4.78, 5) is 31.6. The van der Waals surface area contributed by atoms with Crippen molar-refractivity contribution in [2.24, 2.45) is 21.7 Å². The predicted octanol–water partition coefficient (Wildman–Crippen LogP) is 9.59. The second-order valence-electron chi connectivity index (χ2n) is 14.6. The number of carbonyl (C=O) groups is 2.